The highest BCUT2D eigenvalue weighted by molar-refractivity contribution is 7.98. The summed E-state index contributed by atoms with van der Waals surface area (Å²) in [5.41, 5.74) is 1.05. The SMILES string of the molecule is CSc1nc(OCC2CCC3(CC2)OCCO3)cc(-n2c(C(F)F)nc3ccccc32)n1. The lowest BCUT2D eigenvalue weighted by Crippen LogP contribution is -2.36. The number of aromatic nitrogens is 4. The Balaban J connectivity index is 1.38. The van der Waals surface area contributed by atoms with E-state index in [0.717, 1.165) is 25.7 Å². The second-order valence-corrected chi connectivity index (χ2v) is 8.78. The Bertz CT molecular complexity index is 1090. The first-order valence-electron chi connectivity index (χ1n) is 10.7. The molecule has 0 amide bonds. The molecule has 0 bridgehead atoms. The van der Waals surface area contributed by atoms with E-state index >= 15 is 0 Å². The lowest BCUT2D eigenvalue weighted by molar-refractivity contribution is -0.183. The molecule has 0 unspecified atom stereocenters. The zero-order chi connectivity index (χ0) is 22.1. The lowest BCUT2D eigenvalue weighted by Gasteiger charge is -2.35. The lowest BCUT2D eigenvalue weighted by atomic mass is 9.85. The number of benzene rings is 1. The molecule has 0 N–H and O–H groups in total. The van der Waals surface area contributed by atoms with Crippen LogP contribution in [0.4, 0.5) is 8.78 Å². The van der Waals surface area contributed by atoms with E-state index < -0.39 is 12.2 Å². The minimum atomic E-state index is -2.74. The van der Waals surface area contributed by atoms with Crippen molar-refractivity contribution in [1.29, 1.82) is 0 Å². The van der Waals surface area contributed by atoms with E-state index in [9.17, 15) is 8.78 Å². The van der Waals surface area contributed by atoms with Gasteiger partial charge in [-0.3, -0.25) is 4.57 Å². The van der Waals surface area contributed by atoms with Crippen LogP contribution in [0.5, 0.6) is 5.88 Å². The molecule has 5 rings (SSSR count). The van der Waals surface area contributed by atoms with Gasteiger partial charge < -0.3 is 14.2 Å². The summed E-state index contributed by atoms with van der Waals surface area (Å²) in [6.45, 7) is 1.81. The van der Waals surface area contributed by atoms with Crippen molar-refractivity contribution in [3.05, 3.63) is 36.2 Å². The first kappa shape index (κ1) is 21.5. The van der Waals surface area contributed by atoms with Crippen LogP contribution in [0, 0.1) is 5.92 Å². The number of fused-ring (bicyclic) bond motifs is 1. The highest BCUT2D eigenvalue weighted by Gasteiger charge is 2.40. The molecule has 1 saturated heterocycles. The van der Waals surface area contributed by atoms with E-state index in [1.54, 1.807) is 30.3 Å². The molecule has 3 aromatic rings. The maximum absolute atomic E-state index is 13.8. The molecule has 7 nitrogen and oxygen atoms in total. The van der Waals surface area contributed by atoms with Crippen LogP contribution in [0.25, 0.3) is 16.9 Å². The number of imidazole rings is 1. The quantitative estimate of drug-likeness (QED) is 0.385. The van der Waals surface area contributed by atoms with Crippen LogP contribution >= 0.6 is 11.8 Å². The van der Waals surface area contributed by atoms with Crippen LogP contribution in [0.2, 0.25) is 0 Å². The monoisotopic (exact) mass is 462 g/mol. The Hall–Kier alpha value is -2.30. The number of para-hydroxylation sites is 2. The molecule has 170 valence electrons. The van der Waals surface area contributed by atoms with E-state index in [1.165, 1.54) is 16.3 Å². The van der Waals surface area contributed by atoms with E-state index in [0.29, 0.717) is 53.6 Å². The van der Waals surface area contributed by atoms with Gasteiger partial charge >= 0.3 is 0 Å². The average molecular weight is 463 g/mol. The maximum atomic E-state index is 13.8. The molecule has 1 spiro atoms. The number of rotatable bonds is 6. The van der Waals surface area contributed by atoms with Gasteiger partial charge in [-0.1, -0.05) is 23.9 Å². The fourth-order valence-electron chi connectivity index (χ4n) is 4.38. The Morgan fingerprint density at radius 1 is 1.16 bits per heavy atom. The molecule has 1 aliphatic carbocycles. The molecule has 0 atom stereocenters. The third-order valence-electron chi connectivity index (χ3n) is 6.01. The van der Waals surface area contributed by atoms with Gasteiger partial charge in [0.25, 0.3) is 6.43 Å². The maximum Gasteiger partial charge on any atom is 0.296 e. The van der Waals surface area contributed by atoms with E-state index in [-0.39, 0.29) is 5.82 Å². The van der Waals surface area contributed by atoms with E-state index in [1.807, 2.05) is 6.26 Å². The second-order valence-electron chi connectivity index (χ2n) is 8.01. The molecule has 1 aromatic carbocycles. The molecule has 2 aliphatic rings. The fraction of sp³-hybridized carbons (Fsp3) is 0.500. The van der Waals surface area contributed by atoms with Gasteiger partial charge in [0, 0.05) is 18.9 Å². The van der Waals surface area contributed by atoms with Gasteiger partial charge in [0.05, 0.1) is 30.9 Å². The summed E-state index contributed by atoms with van der Waals surface area (Å²) in [6, 6.07) is 8.62. The number of nitrogens with zero attached hydrogens (tertiary/aromatic N) is 4. The molecule has 1 saturated carbocycles. The third kappa shape index (κ3) is 4.18. The van der Waals surface area contributed by atoms with Crippen LogP contribution < -0.4 is 4.74 Å². The van der Waals surface area contributed by atoms with Crippen molar-refractivity contribution in [2.24, 2.45) is 5.92 Å². The Kier molecular flexibility index (Phi) is 6.00. The minimum absolute atomic E-state index is 0.318. The summed E-state index contributed by atoms with van der Waals surface area (Å²) in [5, 5.41) is 0.450. The Morgan fingerprint density at radius 2 is 1.91 bits per heavy atom. The van der Waals surface area contributed by atoms with Gasteiger partial charge in [-0.15, -0.1) is 0 Å². The van der Waals surface area contributed by atoms with Crippen LogP contribution in [0.1, 0.15) is 37.9 Å². The van der Waals surface area contributed by atoms with Crippen LogP contribution in [0.3, 0.4) is 0 Å². The highest BCUT2D eigenvalue weighted by Crippen LogP contribution is 2.38. The summed E-state index contributed by atoms with van der Waals surface area (Å²) >= 11 is 1.33. The molecule has 1 aliphatic heterocycles. The smallest absolute Gasteiger partial charge is 0.296 e. The zero-order valence-electron chi connectivity index (χ0n) is 17.7. The van der Waals surface area contributed by atoms with Crippen molar-refractivity contribution in [2.45, 2.75) is 43.1 Å². The first-order chi connectivity index (χ1) is 15.6. The number of hydrogen-bond acceptors (Lipinski definition) is 7. The van der Waals surface area contributed by atoms with Gasteiger partial charge in [-0.25, -0.2) is 18.7 Å². The molecular weight excluding hydrogens is 438 g/mol. The highest BCUT2D eigenvalue weighted by atomic mass is 32.2. The number of halogens is 2. The second kappa shape index (κ2) is 8.92. The van der Waals surface area contributed by atoms with Crippen molar-refractivity contribution < 1.29 is 23.0 Å². The minimum Gasteiger partial charge on any atom is -0.477 e. The fourth-order valence-corrected chi connectivity index (χ4v) is 4.74. The molecule has 10 heteroatoms. The molecule has 0 radical (unpaired) electrons. The molecular formula is C22H24F2N4O3S. The molecule has 2 aromatic heterocycles. The zero-order valence-corrected chi connectivity index (χ0v) is 18.5. The van der Waals surface area contributed by atoms with Crippen molar-refractivity contribution in [3.8, 4) is 11.7 Å². The van der Waals surface area contributed by atoms with Crippen LogP contribution in [-0.4, -0.2) is 51.4 Å². The van der Waals surface area contributed by atoms with Gasteiger partial charge in [0.15, 0.2) is 16.8 Å². The number of alkyl halides is 2. The number of ether oxygens (including phenoxy) is 3. The summed E-state index contributed by atoms with van der Waals surface area (Å²) in [6.07, 6.45) is 2.68. The van der Waals surface area contributed by atoms with Crippen molar-refractivity contribution in [2.75, 3.05) is 26.1 Å². The third-order valence-corrected chi connectivity index (χ3v) is 6.56. The topological polar surface area (TPSA) is 71.3 Å². The summed E-state index contributed by atoms with van der Waals surface area (Å²) < 4.78 is 46.5. The van der Waals surface area contributed by atoms with Gasteiger partial charge in [0.2, 0.25) is 5.88 Å². The standard InChI is InChI=1S/C22H24F2N4O3S/c1-32-21-26-17(28-16-5-3-2-4-15(16)25-20(28)19(23)24)12-18(27-21)29-13-14-6-8-22(9-7-14)30-10-11-31-22/h2-5,12,14,19H,6-11,13H2,1H3. The normalized spacial score (nSPS) is 18.8. The number of hydrogen-bond donors (Lipinski definition) is 0. The average Bonchev–Trinajstić information content (AvgIpc) is 3.43. The Labute approximate surface area is 188 Å². The van der Waals surface area contributed by atoms with E-state index in [4.69, 9.17) is 14.2 Å². The van der Waals surface area contributed by atoms with Crippen molar-refractivity contribution in [1.82, 2.24) is 19.5 Å². The summed E-state index contributed by atoms with van der Waals surface area (Å²) in [4.78, 5) is 13.0. The van der Waals surface area contributed by atoms with E-state index in [2.05, 4.69) is 15.0 Å². The summed E-state index contributed by atoms with van der Waals surface area (Å²) in [7, 11) is 0. The van der Waals surface area contributed by atoms with Gasteiger partial charge in [-0.2, -0.15) is 4.98 Å². The van der Waals surface area contributed by atoms with Crippen LogP contribution in [0.15, 0.2) is 35.5 Å². The number of thioether (sulfide) groups is 1. The summed E-state index contributed by atoms with van der Waals surface area (Å²) in [5.74, 6) is 0.288. The molecule has 2 fully saturated rings. The molecule has 3 heterocycles. The largest absolute Gasteiger partial charge is 0.477 e. The predicted octanol–water partition coefficient (Wildman–Crippen LogP) is 4.79. The van der Waals surface area contributed by atoms with Crippen LogP contribution in [-0.2, 0) is 9.47 Å². The van der Waals surface area contributed by atoms with Crippen molar-refractivity contribution in [3.63, 3.8) is 0 Å². The Morgan fingerprint density at radius 3 is 2.62 bits per heavy atom. The van der Waals surface area contributed by atoms with Gasteiger partial charge in [-0.05, 0) is 37.1 Å². The predicted molar refractivity (Wildman–Crippen MR) is 115 cm³/mol. The van der Waals surface area contributed by atoms with Gasteiger partial charge in [0.1, 0.15) is 5.82 Å². The van der Waals surface area contributed by atoms with Crippen molar-refractivity contribution >= 4 is 22.8 Å². The molecule has 32 heavy (non-hydrogen) atoms. The first-order valence-corrected chi connectivity index (χ1v) is 11.9.